The quantitative estimate of drug-likeness (QED) is 0.793. The molecule has 0 unspecified atom stereocenters. The number of sulfonamides is 1. The highest BCUT2D eigenvalue weighted by molar-refractivity contribution is 7.89. The van der Waals surface area contributed by atoms with E-state index in [2.05, 4.69) is 10.2 Å². The Balaban J connectivity index is 1.59. The molecule has 1 amide bonds. The minimum atomic E-state index is -3.59. The summed E-state index contributed by atoms with van der Waals surface area (Å²) in [4.78, 5) is 11.2. The summed E-state index contributed by atoms with van der Waals surface area (Å²) in [6.45, 7) is 1.48. The lowest BCUT2D eigenvalue weighted by Gasteiger charge is -2.27. The SMILES string of the molecule is NC(=O)O[C@@H]1CCC[C@H](c2nnc3cc(S(=O)(=O)N4CCOCC4)ccn23)C1. The Morgan fingerprint density at radius 1 is 1.25 bits per heavy atom. The van der Waals surface area contributed by atoms with Crippen LogP contribution in [0.15, 0.2) is 23.2 Å². The summed E-state index contributed by atoms with van der Waals surface area (Å²) in [6.07, 6.45) is 3.87. The molecule has 1 aliphatic heterocycles. The first-order chi connectivity index (χ1) is 13.4. The average Bonchev–Trinajstić information content (AvgIpc) is 3.11. The van der Waals surface area contributed by atoms with E-state index in [1.54, 1.807) is 22.7 Å². The van der Waals surface area contributed by atoms with Crippen LogP contribution in [0.3, 0.4) is 0 Å². The smallest absolute Gasteiger partial charge is 0.404 e. The van der Waals surface area contributed by atoms with E-state index >= 15 is 0 Å². The number of carbonyl (C=O) groups is 1. The first-order valence-electron chi connectivity index (χ1n) is 9.34. The minimum absolute atomic E-state index is 0.0646. The van der Waals surface area contributed by atoms with Gasteiger partial charge >= 0.3 is 6.09 Å². The monoisotopic (exact) mass is 409 g/mol. The molecule has 2 atom stereocenters. The van der Waals surface area contributed by atoms with Gasteiger partial charge in [0.2, 0.25) is 10.0 Å². The number of amides is 1. The van der Waals surface area contributed by atoms with Crippen molar-refractivity contribution >= 4 is 21.8 Å². The van der Waals surface area contributed by atoms with E-state index in [9.17, 15) is 13.2 Å². The van der Waals surface area contributed by atoms with Gasteiger partial charge in [0.05, 0.1) is 18.1 Å². The number of aromatic nitrogens is 3. The van der Waals surface area contributed by atoms with Gasteiger partial charge in [-0.3, -0.25) is 4.40 Å². The fourth-order valence-corrected chi connectivity index (χ4v) is 5.33. The highest BCUT2D eigenvalue weighted by Gasteiger charge is 2.30. The molecule has 3 heterocycles. The molecule has 152 valence electrons. The van der Waals surface area contributed by atoms with Gasteiger partial charge in [0.15, 0.2) is 5.65 Å². The fraction of sp³-hybridized carbons (Fsp3) is 0.588. The largest absolute Gasteiger partial charge is 0.446 e. The molecule has 28 heavy (non-hydrogen) atoms. The van der Waals surface area contributed by atoms with Crippen LogP contribution in [0.1, 0.15) is 37.4 Å². The molecule has 10 nitrogen and oxygen atoms in total. The van der Waals surface area contributed by atoms with Crippen molar-refractivity contribution < 1.29 is 22.7 Å². The van der Waals surface area contributed by atoms with Gasteiger partial charge in [-0.05, 0) is 31.7 Å². The predicted octanol–water partition coefficient (Wildman–Crippen LogP) is 0.872. The molecular formula is C17H23N5O5S. The molecule has 2 N–H and O–H groups in total. The molecular weight excluding hydrogens is 386 g/mol. The minimum Gasteiger partial charge on any atom is -0.446 e. The fourth-order valence-electron chi connectivity index (χ4n) is 3.92. The van der Waals surface area contributed by atoms with E-state index in [0.29, 0.717) is 38.4 Å². The second-order valence-corrected chi connectivity index (χ2v) is 9.03. The molecule has 2 aliphatic rings. The first kappa shape index (κ1) is 19.1. The Labute approximate surface area is 162 Å². The molecule has 4 rings (SSSR count). The van der Waals surface area contributed by atoms with Crippen LogP contribution in [0, 0.1) is 0 Å². The van der Waals surface area contributed by atoms with Gasteiger partial charge in [-0.1, -0.05) is 0 Å². The van der Waals surface area contributed by atoms with Gasteiger partial charge in [0.1, 0.15) is 11.9 Å². The molecule has 0 radical (unpaired) electrons. The second kappa shape index (κ2) is 7.64. The topological polar surface area (TPSA) is 129 Å². The Kier molecular flexibility index (Phi) is 5.21. The van der Waals surface area contributed by atoms with Crippen LogP contribution < -0.4 is 5.73 Å². The van der Waals surface area contributed by atoms with Crippen LogP contribution in [0.5, 0.6) is 0 Å². The van der Waals surface area contributed by atoms with Crippen LogP contribution in [0.4, 0.5) is 4.79 Å². The Hall–Kier alpha value is -2.24. The zero-order valence-corrected chi connectivity index (χ0v) is 16.2. The lowest BCUT2D eigenvalue weighted by atomic mass is 9.86. The van der Waals surface area contributed by atoms with Crippen molar-refractivity contribution in [3.63, 3.8) is 0 Å². The van der Waals surface area contributed by atoms with Crippen LogP contribution in [0.25, 0.3) is 5.65 Å². The Morgan fingerprint density at radius 3 is 2.79 bits per heavy atom. The third-order valence-corrected chi connectivity index (χ3v) is 7.18. The molecule has 1 aliphatic carbocycles. The van der Waals surface area contributed by atoms with Crippen molar-refractivity contribution in [3.05, 3.63) is 24.2 Å². The number of hydrogen-bond donors (Lipinski definition) is 1. The number of nitrogens with zero attached hydrogens (tertiary/aromatic N) is 4. The number of morpholine rings is 1. The summed E-state index contributed by atoms with van der Waals surface area (Å²) < 4.78 is 39.3. The standard InChI is InChI=1S/C17H23N5O5S/c18-17(23)27-13-3-1-2-12(10-13)16-20-19-15-11-14(4-5-22(15)16)28(24,25)21-6-8-26-9-7-21/h4-5,11-13H,1-3,6-10H2,(H2,18,23)/t12-,13+/m0/s1. The van der Waals surface area contributed by atoms with Gasteiger partial charge in [0.25, 0.3) is 0 Å². The highest BCUT2D eigenvalue weighted by Crippen LogP contribution is 2.33. The molecule has 2 aromatic heterocycles. The van der Waals surface area contributed by atoms with Gasteiger partial charge < -0.3 is 15.2 Å². The van der Waals surface area contributed by atoms with Crippen LogP contribution >= 0.6 is 0 Å². The highest BCUT2D eigenvalue weighted by atomic mass is 32.2. The van der Waals surface area contributed by atoms with Crippen molar-refractivity contribution in [2.75, 3.05) is 26.3 Å². The zero-order chi connectivity index (χ0) is 19.7. The molecule has 0 aromatic carbocycles. The number of rotatable bonds is 4. The maximum Gasteiger partial charge on any atom is 0.404 e. The predicted molar refractivity (Wildman–Crippen MR) is 98.2 cm³/mol. The number of hydrogen-bond acceptors (Lipinski definition) is 7. The maximum atomic E-state index is 12.8. The van der Waals surface area contributed by atoms with Crippen LogP contribution in [-0.2, 0) is 19.5 Å². The summed E-state index contributed by atoms with van der Waals surface area (Å²) in [7, 11) is -3.59. The molecule has 1 saturated carbocycles. The molecule has 1 saturated heterocycles. The third kappa shape index (κ3) is 3.69. The normalized spacial score (nSPS) is 24.3. The van der Waals surface area contributed by atoms with Gasteiger partial charge in [0, 0.05) is 31.3 Å². The number of carbonyl (C=O) groups excluding carboxylic acids is 1. The summed E-state index contributed by atoms with van der Waals surface area (Å²) >= 11 is 0. The van der Waals surface area contributed by atoms with E-state index < -0.39 is 16.1 Å². The molecule has 2 aromatic rings. The van der Waals surface area contributed by atoms with Crippen molar-refractivity contribution in [3.8, 4) is 0 Å². The lowest BCUT2D eigenvalue weighted by Crippen LogP contribution is -2.40. The zero-order valence-electron chi connectivity index (χ0n) is 15.4. The number of primary amides is 1. The molecule has 0 spiro atoms. The summed E-state index contributed by atoms with van der Waals surface area (Å²) in [5, 5.41) is 8.45. The first-order valence-corrected chi connectivity index (χ1v) is 10.8. The number of pyridine rings is 1. The maximum absolute atomic E-state index is 12.8. The van der Waals surface area contributed by atoms with Gasteiger partial charge in [-0.25, -0.2) is 13.2 Å². The second-order valence-electron chi connectivity index (χ2n) is 7.09. The van der Waals surface area contributed by atoms with Crippen LogP contribution in [0.2, 0.25) is 0 Å². The molecule has 0 bridgehead atoms. The lowest BCUT2D eigenvalue weighted by molar-refractivity contribution is 0.0730. The number of fused-ring (bicyclic) bond motifs is 1. The van der Waals surface area contributed by atoms with Gasteiger partial charge in [-0.2, -0.15) is 4.31 Å². The third-order valence-electron chi connectivity index (χ3n) is 5.29. The van der Waals surface area contributed by atoms with E-state index in [1.165, 1.54) is 4.31 Å². The van der Waals surface area contributed by atoms with E-state index in [-0.39, 0.29) is 16.9 Å². The van der Waals surface area contributed by atoms with Crippen molar-refractivity contribution in [2.45, 2.75) is 42.6 Å². The molecule has 11 heteroatoms. The van der Waals surface area contributed by atoms with Crippen molar-refractivity contribution in [1.29, 1.82) is 0 Å². The van der Waals surface area contributed by atoms with E-state index in [1.807, 2.05) is 0 Å². The number of nitrogens with two attached hydrogens (primary N) is 1. The summed E-state index contributed by atoms with van der Waals surface area (Å²) in [5.41, 5.74) is 5.61. The van der Waals surface area contributed by atoms with Crippen molar-refractivity contribution in [1.82, 2.24) is 18.9 Å². The molecule has 2 fully saturated rings. The summed E-state index contributed by atoms with van der Waals surface area (Å²) in [5.74, 6) is 0.804. The number of ether oxygens (including phenoxy) is 2. The van der Waals surface area contributed by atoms with E-state index in [0.717, 1.165) is 25.1 Å². The Morgan fingerprint density at radius 2 is 2.04 bits per heavy atom. The summed E-state index contributed by atoms with van der Waals surface area (Å²) in [6, 6.07) is 3.12. The van der Waals surface area contributed by atoms with Crippen molar-refractivity contribution in [2.24, 2.45) is 5.73 Å². The average molecular weight is 409 g/mol. The van der Waals surface area contributed by atoms with E-state index in [4.69, 9.17) is 15.2 Å². The Bertz CT molecular complexity index is 969. The van der Waals surface area contributed by atoms with Crippen LogP contribution in [-0.4, -0.2) is 65.8 Å². The van der Waals surface area contributed by atoms with Gasteiger partial charge in [-0.15, -0.1) is 10.2 Å².